The van der Waals surface area contributed by atoms with Crippen LogP contribution >= 0.6 is 0 Å². The topological polar surface area (TPSA) is 72.2 Å². The first-order valence-corrected chi connectivity index (χ1v) is 6.34. The first-order chi connectivity index (χ1) is 8.43. The molecule has 0 aromatic rings. The Labute approximate surface area is 104 Å². The minimum absolute atomic E-state index is 0.297. The molecule has 1 saturated heterocycles. The average molecular weight is 242 g/mol. The summed E-state index contributed by atoms with van der Waals surface area (Å²) in [7, 11) is 0. The van der Waals surface area contributed by atoms with Crippen molar-refractivity contribution in [3.63, 3.8) is 0 Å². The van der Waals surface area contributed by atoms with Gasteiger partial charge < -0.3 is 21.3 Å². The molecule has 6 heteroatoms. The van der Waals surface area contributed by atoms with Crippen LogP contribution in [0.3, 0.4) is 0 Å². The molecule has 1 rings (SSSR count). The predicted octanol–water partition coefficient (Wildman–Crippen LogP) is -1.69. The second kappa shape index (κ2) is 10.6. The molecule has 0 aliphatic carbocycles. The maximum Gasteiger partial charge on any atom is 0.0617 e. The van der Waals surface area contributed by atoms with E-state index in [1.165, 1.54) is 0 Å². The Balaban J connectivity index is 2.21. The molecule has 0 amide bonds. The highest BCUT2D eigenvalue weighted by atomic mass is 15.2. The van der Waals surface area contributed by atoms with Crippen molar-refractivity contribution in [2.24, 2.45) is 0 Å². The van der Waals surface area contributed by atoms with E-state index in [1.54, 1.807) is 0 Å². The Morgan fingerprint density at radius 2 is 1.47 bits per heavy atom. The fourth-order valence-corrected chi connectivity index (χ4v) is 1.62. The van der Waals surface area contributed by atoms with Gasteiger partial charge in [-0.15, -0.1) is 6.58 Å². The van der Waals surface area contributed by atoms with Gasteiger partial charge in [-0.05, 0) is 6.42 Å². The van der Waals surface area contributed by atoms with Crippen molar-refractivity contribution in [2.45, 2.75) is 12.6 Å². The molecule has 6 N–H and O–H groups in total. The second-order valence-corrected chi connectivity index (χ2v) is 4.02. The van der Waals surface area contributed by atoms with Crippen LogP contribution in [0.4, 0.5) is 0 Å². The summed E-state index contributed by atoms with van der Waals surface area (Å²) in [6.45, 7) is 10.1. The molecule has 6 nitrogen and oxygen atoms in total. The van der Waals surface area contributed by atoms with Gasteiger partial charge in [-0.3, -0.25) is 10.6 Å². The van der Waals surface area contributed by atoms with Gasteiger partial charge in [-0.2, -0.15) is 0 Å². The molecule has 100 valence electrons. The van der Waals surface area contributed by atoms with Crippen molar-refractivity contribution in [3.8, 4) is 0 Å². The molecule has 0 aromatic heterocycles. The summed E-state index contributed by atoms with van der Waals surface area (Å²) in [4.78, 5) is 0. The van der Waals surface area contributed by atoms with Gasteiger partial charge in [0.2, 0.25) is 0 Å². The lowest BCUT2D eigenvalue weighted by molar-refractivity contribution is 0.397. The fraction of sp³-hybridized carbons (Fsp3) is 0.818. The highest BCUT2D eigenvalue weighted by Gasteiger charge is 2.03. The maximum absolute atomic E-state index is 3.78. The lowest BCUT2D eigenvalue weighted by Gasteiger charge is -2.20. The van der Waals surface area contributed by atoms with Crippen molar-refractivity contribution >= 4 is 0 Å². The quantitative estimate of drug-likeness (QED) is 0.325. The Morgan fingerprint density at radius 3 is 2.18 bits per heavy atom. The van der Waals surface area contributed by atoms with Crippen LogP contribution in [0.5, 0.6) is 0 Å². The van der Waals surface area contributed by atoms with Crippen molar-refractivity contribution < 1.29 is 0 Å². The van der Waals surface area contributed by atoms with Gasteiger partial charge >= 0.3 is 0 Å². The van der Waals surface area contributed by atoms with Gasteiger partial charge in [0.1, 0.15) is 0 Å². The molecule has 1 aliphatic heterocycles. The van der Waals surface area contributed by atoms with E-state index in [4.69, 9.17) is 0 Å². The maximum atomic E-state index is 3.78. The molecule has 1 atom stereocenters. The highest BCUT2D eigenvalue weighted by molar-refractivity contribution is 4.76. The van der Waals surface area contributed by atoms with Gasteiger partial charge in [-0.25, -0.2) is 0 Å². The SMILES string of the molecule is C=CCC1NCCNCNCNCCNCN1. The summed E-state index contributed by atoms with van der Waals surface area (Å²) >= 11 is 0. The first-order valence-electron chi connectivity index (χ1n) is 6.34. The summed E-state index contributed by atoms with van der Waals surface area (Å²) in [6.07, 6.45) is 3.16. The van der Waals surface area contributed by atoms with Crippen molar-refractivity contribution in [2.75, 3.05) is 46.2 Å². The summed E-state index contributed by atoms with van der Waals surface area (Å²) in [5.74, 6) is 0. The largest absolute Gasteiger partial charge is 0.303 e. The van der Waals surface area contributed by atoms with Crippen LogP contribution < -0.4 is 31.9 Å². The zero-order chi connectivity index (χ0) is 12.2. The van der Waals surface area contributed by atoms with Crippen LogP contribution in [0.2, 0.25) is 0 Å². The molecule has 0 aromatic carbocycles. The molecular weight excluding hydrogens is 216 g/mol. The molecular formula is C11H26N6. The smallest absolute Gasteiger partial charge is 0.0617 e. The summed E-state index contributed by atoms with van der Waals surface area (Å²) in [5.41, 5.74) is 0. The van der Waals surface area contributed by atoms with Gasteiger partial charge in [0.05, 0.1) is 6.17 Å². The Bertz CT molecular complexity index is 173. The van der Waals surface area contributed by atoms with Crippen LogP contribution in [-0.4, -0.2) is 52.4 Å². The lowest BCUT2D eigenvalue weighted by atomic mass is 10.3. The first kappa shape index (κ1) is 14.6. The van der Waals surface area contributed by atoms with Gasteiger partial charge in [0, 0.05) is 46.2 Å². The number of nitrogens with one attached hydrogen (secondary N) is 6. The molecule has 1 aliphatic rings. The summed E-state index contributed by atoms with van der Waals surface area (Å²) < 4.78 is 0. The van der Waals surface area contributed by atoms with E-state index in [0.717, 1.165) is 52.6 Å². The predicted molar refractivity (Wildman–Crippen MR) is 71.5 cm³/mol. The van der Waals surface area contributed by atoms with Gasteiger partial charge in [0.25, 0.3) is 0 Å². The van der Waals surface area contributed by atoms with E-state index in [9.17, 15) is 0 Å². The molecule has 1 heterocycles. The molecule has 1 fully saturated rings. The molecule has 17 heavy (non-hydrogen) atoms. The monoisotopic (exact) mass is 242 g/mol. The highest BCUT2D eigenvalue weighted by Crippen LogP contribution is 1.86. The van der Waals surface area contributed by atoms with Crippen LogP contribution in [0, 0.1) is 0 Å². The number of rotatable bonds is 2. The third-order valence-corrected chi connectivity index (χ3v) is 2.55. The third kappa shape index (κ3) is 8.25. The summed E-state index contributed by atoms with van der Waals surface area (Å²) in [6, 6.07) is 0. The van der Waals surface area contributed by atoms with E-state index in [0.29, 0.717) is 6.17 Å². The number of hydrogen-bond donors (Lipinski definition) is 6. The Kier molecular flexibility index (Phi) is 9.11. The van der Waals surface area contributed by atoms with Crippen LogP contribution in [0.1, 0.15) is 6.42 Å². The Hall–Kier alpha value is -0.500. The Morgan fingerprint density at radius 1 is 0.824 bits per heavy atom. The van der Waals surface area contributed by atoms with Crippen LogP contribution in [0.15, 0.2) is 12.7 Å². The third-order valence-electron chi connectivity index (χ3n) is 2.55. The van der Waals surface area contributed by atoms with Crippen LogP contribution in [0.25, 0.3) is 0 Å². The van der Waals surface area contributed by atoms with E-state index >= 15 is 0 Å². The van der Waals surface area contributed by atoms with Crippen molar-refractivity contribution in [1.29, 1.82) is 0 Å². The zero-order valence-electron chi connectivity index (χ0n) is 10.5. The second-order valence-electron chi connectivity index (χ2n) is 4.02. The van der Waals surface area contributed by atoms with Gasteiger partial charge in [-0.1, -0.05) is 6.08 Å². The standard InChI is InChI=1S/C11H26N6/c1-2-3-11-16-7-6-13-9-15-8-12-4-5-14-10-17-11/h2,11-17H,1,3-10H2. The van der Waals surface area contributed by atoms with E-state index < -0.39 is 0 Å². The van der Waals surface area contributed by atoms with Crippen LogP contribution in [-0.2, 0) is 0 Å². The number of hydrogen-bond acceptors (Lipinski definition) is 6. The average Bonchev–Trinajstić information content (AvgIpc) is 2.34. The van der Waals surface area contributed by atoms with E-state index in [-0.39, 0.29) is 0 Å². The molecule has 1 unspecified atom stereocenters. The summed E-state index contributed by atoms with van der Waals surface area (Å²) in [5, 5.41) is 20.1. The zero-order valence-corrected chi connectivity index (χ0v) is 10.5. The molecule has 0 radical (unpaired) electrons. The molecule has 0 saturated carbocycles. The van der Waals surface area contributed by atoms with Crippen molar-refractivity contribution in [1.82, 2.24) is 31.9 Å². The minimum atomic E-state index is 0.297. The minimum Gasteiger partial charge on any atom is -0.303 e. The van der Waals surface area contributed by atoms with E-state index in [1.807, 2.05) is 6.08 Å². The lowest BCUT2D eigenvalue weighted by Crippen LogP contribution is -2.49. The molecule has 0 spiro atoms. The van der Waals surface area contributed by atoms with Crippen molar-refractivity contribution in [3.05, 3.63) is 12.7 Å². The fourth-order valence-electron chi connectivity index (χ4n) is 1.62. The van der Waals surface area contributed by atoms with E-state index in [2.05, 4.69) is 38.5 Å². The van der Waals surface area contributed by atoms with Gasteiger partial charge in [0.15, 0.2) is 0 Å². The normalized spacial score (nSPS) is 26.0. The molecule has 0 bridgehead atoms.